The fraction of sp³-hybridized carbons (Fsp3) is 0.333. The average molecular weight is 343 g/mol. The normalized spacial score (nSPS) is 12.7. The van der Waals surface area contributed by atoms with E-state index in [0.29, 0.717) is 0 Å². The van der Waals surface area contributed by atoms with Gasteiger partial charge in [0.05, 0.1) is 11.1 Å². The fourth-order valence-electron chi connectivity index (χ4n) is 2.24. The van der Waals surface area contributed by atoms with Crippen LogP contribution in [0.25, 0.3) is 0 Å². The third-order valence-corrected chi connectivity index (χ3v) is 4.31. The summed E-state index contributed by atoms with van der Waals surface area (Å²) >= 11 is 9.61. The Balaban J connectivity index is 2.44. The van der Waals surface area contributed by atoms with E-state index in [-0.39, 0.29) is 6.04 Å². The van der Waals surface area contributed by atoms with E-state index in [1.54, 1.807) is 0 Å². The molecule has 0 aliphatic carbocycles. The Morgan fingerprint density at radius 2 is 2.05 bits per heavy atom. The number of nitrogens with one attached hydrogen (secondary N) is 1. The molecule has 19 heavy (non-hydrogen) atoms. The molecule has 2 rings (SSSR count). The van der Waals surface area contributed by atoms with Gasteiger partial charge in [0.15, 0.2) is 0 Å². The highest BCUT2D eigenvalue weighted by Gasteiger charge is 2.19. The van der Waals surface area contributed by atoms with E-state index in [1.807, 2.05) is 26.0 Å². The molecule has 1 atom stereocenters. The van der Waals surface area contributed by atoms with Crippen molar-refractivity contribution in [3.05, 3.63) is 56.4 Å². The molecule has 0 saturated carbocycles. The Kier molecular flexibility index (Phi) is 4.71. The molecule has 0 aliphatic rings. The molecule has 1 aromatic heterocycles. The number of furan rings is 1. The predicted octanol–water partition coefficient (Wildman–Crippen LogP) is 5.01. The van der Waals surface area contributed by atoms with Gasteiger partial charge in [-0.2, -0.15) is 0 Å². The van der Waals surface area contributed by atoms with Crippen LogP contribution in [0.1, 0.15) is 35.6 Å². The second-order valence-corrected chi connectivity index (χ2v) is 5.79. The van der Waals surface area contributed by atoms with Gasteiger partial charge in [-0.3, -0.25) is 0 Å². The summed E-state index contributed by atoms with van der Waals surface area (Å²) in [5.41, 5.74) is 2.30. The predicted molar refractivity (Wildman–Crippen MR) is 82.9 cm³/mol. The van der Waals surface area contributed by atoms with Crippen LogP contribution in [0.4, 0.5) is 0 Å². The number of aryl methyl sites for hydroxylation is 2. The standard InChI is InChI=1S/C15H17BrClNO/c1-4-18-15(12-7-9(2)19-10(12)3)11-5-6-13(16)14(17)8-11/h5-8,15,18H,4H2,1-3H3. The van der Waals surface area contributed by atoms with Gasteiger partial charge in [-0.25, -0.2) is 0 Å². The number of rotatable bonds is 4. The summed E-state index contributed by atoms with van der Waals surface area (Å²) in [4.78, 5) is 0. The summed E-state index contributed by atoms with van der Waals surface area (Å²) in [5, 5.41) is 4.20. The fourth-order valence-corrected chi connectivity index (χ4v) is 2.68. The van der Waals surface area contributed by atoms with Crippen LogP contribution in [0, 0.1) is 13.8 Å². The lowest BCUT2D eigenvalue weighted by molar-refractivity contribution is 0.495. The molecule has 0 bridgehead atoms. The van der Waals surface area contributed by atoms with Crippen LogP contribution >= 0.6 is 27.5 Å². The maximum atomic E-state index is 6.19. The summed E-state index contributed by atoms with van der Waals surface area (Å²) in [5.74, 6) is 1.88. The largest absolute Gasteiger partial charge is 0.466 e. The first-order valence-corrected chi connectivity index (χ1v) is 7.45. The second kappa shape index (κ2) is 6.12. The molecular formula is C15H17BrClNO. The number of hydrogen-bond acceptors (Lipinski definition) is 2. The highest BCUT2D eigenvalue weighted by Crippen LogP contribution is 2.31. The first-order chi connectivity index (χ1) is 9.02. The Bertz CT molecular complexity index is 580. The van der Waals surface area contributed by atoms with Crippen molar-refractivity contribution in [3.8, 4) is 0 Å². The van der Waals surface area contributed by atoms with Crippen LogP contribution < -0.4 is 5.32 Å². The van der Waals surface area contributed by atoms with Crippen LogP contribution in [0.15, 0.2) is 33.2 Å². The second-order valence-electron chi connectivity index (χ2n) is 4.53. The van der Waals surface area contributed by atoms with Crippen LogP contribution in [-0.4, -0.2) is 6.54 Å². The summed E-state index contributed by atoms with van der Waals surface area (Å²) in [6.07, 6.45) is 0. The molecule has 0 saturated heterocycles. The Labute approximate surface area is 127 Å². The van der Waals surface area contributed by atoms with Crippen LogP contribution in [0.5, 0.6) is 0 Å². The Morgan fingerprint density at radius 3 is 2.58 bits per heavy atom. The van der Waals surface area contributed by atoms with Gasteiger partial charge in [0, 0.05) is 10.0 Å². The van der Waals surface area contributed by atoms with Crippen molar-refractivity contribution in [2.24, 2.45) is 0 Å². The summed E-state index contributed by atoms with van der Waals surface area (Å²) < 4.78 is 6.55. The molecule has 0 amide bonds. The molecule has 0 spiro atoms. The van der Waals surface area contributed by atoms with E-state index in [4.69, 9.17) is 16.0 Å². The molecule has 2 nitrogen and oxygen atoms in total. The van der Waals surface area contributed by atoms with Gasteiger partial charge >= 0.3 is 0 Å². The molecular weight excluding hydrogens is 326 g/mol. The smallest absolute Gasteiger partial charge is 0.106 e. The van der Waals surface area contributed by atoms with E-state index in [0.717, 1.165) is 38.7 Å². The highest BCUT2D eigenvalue weighted by molar-refractivity contribution is 9.10. The average Bonchev–Trinajstić information content (AvgIpc) is 2.69. The lowest BCUT2D eigenvalue weighted by Gasteiger charge is -2.18. The minimum atomic E-state index is 0.105. The molecule has 1 N–H and O–H groups in total. The minimum Gasteiger partial charge on any atom is -0.466 e. The van der Waals surface area contributed by atoms with Crippen molar-refractivity contribution in [1.29, 1.82) is 0 Å². The van der Waals surface area contributed by atoms with Crippen LogP contribution in [-0.2, 0) is 0 Å². The molecule has 1 aromatic carbocycles. The SMILES string of the molecule is CCNC(c1ccc(Br)c(Cl)c1)c1cc(C)oc1C. The van der Waals surface area contributed by atoms with Crippen LogP contribution in [0.2, 0.25) is 5.02 Å². The highest BCUT2D eigenvalue weighted by atomic mass is 79.9. The lowest BCUT2D eigenvalue weighted by Crippen LogP contribution is -2.22. The number of benzene rings is 1. The third kappa shape index (κ3) is 3.22. The molecule has 1 heterocycles. The summed E-state index contributed by atoms with van der Waals surface area (Å²) in [7, 11) is 0. The molecule has 0 fully saturated rings. The Hall–Kier alpha value is -0.770. The van der Waals surface area contributed by atoms with Gasteiger partial charge in [0.1, 0.15) is 11.5 Å². The van der Waals surface area contributed by atoms with E-state index >= 15 is 0 Å². The van der Waals surface area contributed by atoms with Crippen molar-refractivity contribution in [2.45, 2.75) is 26.8 Å². The minimum absolute atomic E-state index is 0.105. The maximum Gasteiger partial charge on any atom is 0.106 e. The molecule has 2 aromatic rings. The molecule has 0 aliphatic heterocycles. The van der Waals surface area contributed by atoms with Gasteiger partial charge in [0.25, 0.3) is 0 Å². The topological polar surface area (TPSA) is 25.2 Å². The quantitative estimate of drug-likeness (QED) is 0.844. The van der Waals surface area contributed by atoms with Gasteiger partial charge in [-0.1, -0.05) is 24.6 Å². The lowest BCUT2D eigenvalue weighted by atomic mass is 9.99. The molecule has 1 unspecified atom stereocenters. The molecule has 102 valence electrons. The van der Waals surface area contributed by atoms with Crippen molar-refractivity contribution in [1.82, 2.24) is 5.32 Å². The van der Waals surface area contributed by atoms with Crippen LogP contribution in [0.3, 0.4) is 0 Å². The van der Waals surface area contributed by atoms with E-state index in [2.05, 4.69) is 40.3 Å². The van der Waals surface area contributed by atoms with E-state index in [9.17, 15) is 0 Å². The zero-order chi connectivity index (χ0) is 14.0. The van der Waals surface area contributed by atoms with Gasteiger partial charge < -0.3 is 9.73 Å². The zero-order valence-corrected chi connectivity index (χ0v) is 13.6. The molecule has 4 heteroatoms. The first-order valence-electron chi connectivity index (χ1n) is 6.28. The summed E-state index contributed by atoms with van der Waals surface area (Å²) in [6.45, 7) is 6.93. The molecule has 0 radical (unpaired) electrons. The third-order valence-electron chi connectivity index (χ3n) is 3.08. The Morgan fingerprint density at radius 1 is 1.32 bits per heavy atom. The van der Waals surface area contributed by atoms with Crippen molar-refractivity contribution in [3.63, 3.8) is 0 Å². The van der Waals surface area contributed by atoms with Crippen molar-refractivity contribution < 1.29 is 4.42 Å². The van der Waals surface area contributed by atoms with Gasteiger partial charge in [-0.05, 0) is 60.1 Å². The van der Waals surface area contributed by atoms with Gasteiger partial charge in [0.2, 0.25) is 0 Å². The van der Waals surface area contributed by atoms with E-state index in [1.165, 1.54) is 0 Å². The number of halogens is 2. The van der Waals surface area contributed by atoms with E-state index < -0.39 is 0 Å². The van der Waals surface area contributed by atoms with Crippen molar-refractivity contribution >= 4 is 27.5 Å². The monoisotopic (exact) mass is 341 g/mol. The first kappa shape index (κ1) is 14.6. The zero-order valence-electron chi connectivity index (χ0n) is 11.3. The van der Waals surface area contributed by atoms with Crippen molar-refractivity contribution in [2.75, 3.05) is 6.54 Å². The maximum absolute atomic E-state index is 6.19. The number of hydrogen-bond donors (Lipinski definition) is 1. The summed E-state index contributed by atoms with van der Waals surface area (Å²) in [6, 6.07) is 8.22. The van der Waals surface area contributed by atoms with Gasteiger partial charge in [-0.15, -0.1) is 0 Å².